The molecule has 30 heavy (non-hydrogen) atoms. The summed E-state index contributed by atoms with van der Waals surface area (Å²) in [6.45, 7) is 2.72. The molecular formula is C23H26N2O5. The lowest BCUT2D eigenvalue weighted by atomic mass is 10.0. The van der Waals surface area contributed by atoms with Gasteiger partial charge in [-0.2, -0.15) is 0 Å². The predicted molar refractivity (Wildman–Crippen MR) is 114 cm³/mol. The van der Waals surface area contributed by atoms with Crippen LogP contribution < -0.4 is 14.8 Å². The van der Waals surface area contributed by atoms with E-state index >= 15 is 0 Å². The maximum absolute atomic E-state index is 13.2. The number of aryl methyl sites for hydroxylation is 1. The van der Waals surface area contributed by atoms with Crippen LogP contribution in [0.4, 0.5) is 5.69 Å². The van der Waals surface area contributed by atoms with Crippen LogP contribution in [-0.4, -0.2) is 51.2 Å². The molecule has 0 aromatic heterocycles. The van der Waals surface area contributed by atoms with Crippen molar-refractivity contribution < 1.29 is 23.8 Å². The first-order valence-electron chi connectivity index (χ1n) is 9.65. The standard InChI is InChI=1S/C23H26N2O5/c1-15-6-8-16(9-7-15)20-21(23(27)25(22(20)26)12-5-13-28-2)24-18-11-10-17(29-3)14-19(18)30-4/h6-11,14,24H,5,12-13H2,1-4H3. The van der Waals surface area contributed by atoms with Gasteiger partial charge in [0.25, 0.3) is 11.8 Å². The first kappa shape index (κ1) is 21.4. The van der Waals surface area contributed by atoms with Gasteiger partial charge in [0.1, 0.15) is 17.2 Å². The van der Waals surface area contributed by atoms with E-state index in [1.54, 1.807) is 32.4 Å². The van der Waals surface area contributed by atoms with E-state index in [1.165, 1.54) is 12.0 Å². The molecule has 0 spiro atoms. The van der Waals surface area contributed by atoms with Crippen LogP contribution in [0.1, 0.15) is 17.5 Å². The topological polar surface area (TPSA) is 77.1 Å². The van der Waals surface area contributed by atoms with Crippen LogP contribution >= 0.6 is 0 Å². The quantitative estimate of drug-likeness (QED) is 0.505. The lowest BCUT2D eigenvalue weighted by Gasteiger charge is -2.16. The molecule has 2 amide bonds. The Morgan fingerprint density at radius 1 is 0.933 bits per heavy atom. The highest BCUT2D eigenvalue weighted by Crippen LogP contribution is 2.35. The Balaban J connectivity index is 2.02. The number of anilines is 1. The zero-order valence-electron chi connectivity index (χ0n) is 17.7. The average Bonchev–Trinajstić information content (AvgIpc) is 2.99. The van der Waals surface area contributed by atoms with Crippen molar-refractivity contribution >= 4 is 23.1 Å². The molecule has 3 rings (SSSR count). The van der Waals surface area contributed by atoms with E-state index < -0.39 is 0 Å². The van der Waals surface area contributed by atoms with Gasteiger partial charge in [-0.05, 0) is 31.0 Å². The molecule has 7 heteroatoms. The maximum Gasteiger partial charge on any atom is 0.278 e. The molecular weight excluding hydrogens is 384 g/mol. The van der Waals surface area contributed by atoms with Gasteiger partial charge in [-0.1, -0.05) is 29.8 Å². The van der Waals surface area contributed by atoms with Gasteiger partial charge in [0, 0.05) is 26.3 Å². The Morgan fingerprint density at radius 2 is 1.67 bits per heavy atom. The highest BCUT2D eigenvalue weighted by Gasteiger charge is 2.39. The number of hydrogen-bond donors (Lipinski definition) is 1. The molecule has 0 atom stereocenters. The molecule has 1 aliphatic heterocycles. The Morgan fingerprint density at radius 3 is 2.30 bits per heavy atom. The third-order valence-electron chi connectivity index (χ3n) is 4.91. The third-order valence-corrected chi connectivity index (χ3v) is 4.91. The number of methoxy groups -OCH3 is 3. The number of amides is 2. The van der Waals surface area contributed by atoms with E-state index in [4.69, 9.17) is 14.2 Å². The summed E-state index contributed by atoms with van der Waals surface area (Å²) in [6, 6.07) is 12.8. The fourth-order valence-corrected chi connectivity index (χ4v) is 3.29. The van der Waals surface area contributed by atoms with Gasteiger partial charge >= 0.3 is 0 Å². The number of nitrogens with one attached hydrogen (secondary N) is 1. The second kappa shape index (κ2) is 9.45. The molecule has 0 radical (unpaired) electrons. The number of carbonyl (C=O) groups excluding carboxylic acids is 2. The Hall–Kier alpha value is -3.32. The summed E-state index contributed by atoms with van der Waals surface area (Å²) in [6.07, 6.45) is 0.564. The normalized spacial score (nSPS) is 13.8. The molecule has 1 aliphatic rings. The fourth-order valence-electron chi connectivity index (χ4n) is 3.29. The van der Waals surface area contributed by atoms with Crippen molar-refractivity contribution in [2.45, 2.75) is 13.3 Å². The second-order valence-corrected chi connectivity index (χ2v) is 6.92. The number of carbonyl (C=O) groups is 2. The average molecular weight is 410 g/mol. The number of benzene rings is 2. The van der Waals surface area contributed by atoms with Crippen LogP contribution in [0.2, 0.25) is 0 Å². The lowest BCUT2D eigenvalue weighted by molar-refractivity contribution is -0.136. The number of imide groups is 1. The maximum atomic E-state index is 13.2. The number of rotatable bonds is 9. The molecule has 1 N–H and O–H groups in total. The van der Waals surface area contributed by atoms with Gasteiger partial charge < -0.3 is 19.5 Å². The molecule has 2 aromatic rings. The molecule has 1 heterocycles. The Bertz CT molecular complexity index is 966. The minimum absolute atomic E-state index is 0.227. The Labute approximate surface area is 176 Å². The predicted octanol–water partition coefficient (Wildman–Crippen LogP) is 3.24. The van der Waals surface area contributed by atoms with E-state index in [9.17, 15) is 9.59 Å². The number of ether oxygens (including phenoxy) is 3. The SMILES string of the molecule is COCCCN1C(=O)C(Nc2ccc(OC)cc2OC)=C(c2ccc(C)cc2)C1=O. The van der Waals surface area contributed by atoms with Crippen LogP contribution in [-0.2, 0) is 14.3 Å². The van der Waals surface area contributed by atoms with Crippen molar-refractivity contribution in [2.75, 3.05) is 39.8 Å². The van der Waals surface area contributed by atoms with Crippen LogP contribution in [0.3, 0.4) is 0 Å². The summed E-state index contributed by atoms with van der Waals surface area (Å²) >= 11 is 0. The second-order valence-electron chi connectivity index (χ2n) is 6.92. The van der Waals surface area contributed by atoms with Gasteiger partial charge in [-0.3, -0.25) is 14.5 Å². The summed E-state index contributed by atoms with van der Waals surface area (Å²) in [5.74, 6) is 0.433. The molecule has 0 bridgehead atoms. The first-order chi connectivity index (χ1) is 14.5. The molecule has 2 aromatic carbocycles. The molecule has 0 saturated heterocycles. The van der Waals surface area contributed by atoms with Gasteiger partial charge in [-0.25, -0.2) is 0 Å². The highest BCUT2D eigenvalue weighted by molar-refractivity contribution is 6.36. The fraction of sp³-hybridized carbons (Fsp3) is 0.304. The summed E-state index contributed by atoms with van der Waals surface area (Å²) in [4.78, 5) is 27.6. The first-order valence-corrected chi connectivity index (χ1v) is 9.65. The van der Waals surface area contributed by atoms with E-state index in [0.717, 1.165) is 5.56 Å². The minimum Gasteiger partial charge on any atom is -0.497 e. The molecule has 0 unspecified atom stereocenters. The third kappa shape index (κ3) is 4.31. The number of hydrogen-bond acceptors (Lipinski definition) is 6. The van der Waals surface area contributed by atoms with Gasteiger partial charge in [0.05, 0.1) is 25.5 Å². The van der Waals surface area contributed by atoms with Crippen molar-refractivity contribution in [2.24, 2.45) is 0 Å². The zero-order chi connectivity index (χ0) is 21.7. The van der Waals surface area contributed by atoms with E-state index in [-0.39, 0.29) is 24.1 Å². The van der Waals surface area contributed by atoms with Crippen LogP contribution in [0.15, 0.2) is 48.2 Å². The zero-order valence-corrected chi connectivity index (χ0v) is 17.7. The van der Waals surface area contributed by atoms with E-state index in [1.807, 2.05) is 31.2 Å². The van der Waals surface area contributed by atoms with Crippen molar-refractivity contribution in [3.8, 4) is 11.5 Å². The van der Waals surface area contributed by atoms with Gasteiger partial charge in [0.15, 0.2) is 0 Å². The van der Waals surface area contributed by atoms with Crippen molar-refractivity contribution in [3.05, 3.63) is 59.3 Å². The minimum atomic E-state index is -0.371. The summed E-state index contributed by atoms with van der Waals surface area (Å²) < 4.78 is 15.7. The molecule has 0 fully saturated rings. The van der Waals surface area contributed by atoms with Gasteiger partial charge in [0.2, 0.25) is 0 Å². The molecule has 0 saturated carbocycles. The van der Waals surface area contributed by atoms with Crippen LogP contribution in [0, 0.1) is 6.92 Å². The summed E-state index contributed by atoms with van der Waals surface area (Å²) in [5.41, 5.74) is 2.89. The summed E-state index contributed by atoms with van der Waals surface area (Å²) in [7, 11) is 4.69. The molecule has 0 aliphatic carbocycles. The van der Waals surface area contributed by atoms with Crippen LogP contribution in [0.25, 0.3) is 5.57 Å². The molecule has 158 valence electrons. The highest BCUT2D eigenvalue weighted by atomic mass is 16.5. The van der Waals surface area contributed by atoms with E-state index in [2.05, 4.69) is 5.32 Å². The van der Waals surface area contributed by atoms with E-state index in [0.29, 0.717) is 41.4 Å². The number of nitrogens with zero attached hydrogens (tertiary/aromatic N) is 1. The Kier molecular flexibility index (Phi) is 6.74. The lowest BCUT2D eigenvalue weighted by Crippen LogP contribution is -2.33. The monoisotopic (exact) mass is 410 g/mol. The van der Waals surface area contributed by atoms with Crippen molar-refractivity contribution in [1.82, 2.24) is 4.90 Å². The smallest absolute Gasteiger partial charge is 0.278 e. The molecule has 7 nitrogen and oxygen atoms in total. The van der Waals surface area contributed by atoms with Crippen molar-refractivity contribution in [1.29, 1.82) is 0 Å². The van der Waals surface area contributed by atoms with Crippen LogP contribution in [0.5, 0.6) is 11.5 Å². The van der Waals surface area contributed by atoms with Crippen molar-refractivity contribution in [3.63, 3.8) is 0 Å². The largest absolute Gasteiger partial charge is 0.497 e. The van der Waals surface area contributed by atoms with Gasteiger partial charge in [-0.15, -0.1) is 0 Å². The summed E-state index contributed by atoms with van der Waals surface area (Å²) in [5, 5.41) is 3.13.